The highest BCUT2D eigenvalue weighted by atomic mass is 16.3. The molecule has 2 aromatic rings. The third-order valence-corrected chi connectivity index (χ3v) is 6.18. The van der Waals surface area contributed by atoms with E-state index in [2.05, 4.69) is 17.1 Å². The lowest BCUT2D eigenvalue weighted by atomic mass is 9.73. The topological polar surface area (TPSA) is 73.7 Å². The molecule has 1 N–H and O–H groups in total. The average Bonchev–Trinajstić information content (AvgIpc) is 2.75. The third-order valence-electron chi connectivity index (χ3n) is 6.18. The van der Waals surface area contributed by atoms with Crippen molar-refractivity contribution in [1.29, 1.82) is 0 Å². The molecule has 6 heteroatoms. The predicted molar refractivity (Wildman–Crippen MR) is 109 cm³/mol. The van der Waals surface area contributed by atoms with Gasteiger partial charge < -0.3 is 14.9 Å². The molecule has 4 rings (SSSR count). The van der Waals surface area contributed by atoms with E-state index in [9.17, 15) is 14.7 Å². The Morgan fingerprint density at radius 1 is 1.10 bits per heavy atom. The molecule has 1 atom stereocenters. The summed E-state index contributed by atoms with van der Waals surface area (Å²) in [5.74, 6) is 0.170. The molecule has 6 nitrogen and oxygen atoms in total. The summed E-state index contributed by atoms with van der Waals surface area (Å²) < 4.78 is 0. The molecule has 2 saturated heterocycles. The Hall–Kier alpha value is -2.89. The van der Waals surface area contributed by atoms with Crippen LogP contribution < -0.4 is 0 Å². The molecule has 1 aromatic heterocycles. The summed E-state index contributed by atoms with van der Waals surface area (Å²) >= 11 is 0. The van der Waals surface area contributed by atoms with E-state index in [0.717, 1.165) is 32.2 Å². The zero-order valence-corrected chi connectivity index (χ0v) is 16.6. The lowest BCUT2D eigenvalue weighted by Gasteiger charge is -2.48. The maximum Gasteiger partial charge on any atom is 0.272 e. The molecule has 0 saturated carbocycles. The highest BCUT2D eigenvalue weighted by molar-refractivity contribution is 5.92. The molecule has 2 amide bonds. The number of piperidine rings is 2. The molecule has 29 heavy (non-hydrogen) atoms. The van der Waals surface area contributed by atoms with E-state index in [1.165, 1.54) is 17.8 Å². The van der Waals surface area contributed by atoms with Gasteiger partial charge in [-0.15, -0.1) is 0 Å². The summed E-state index contributed by atoms with van der Waals surface area (Å²) in [6.07, 6.45) is 5.51. The SMILES string of the molecule is O=C1CCC2(CCCN(C(=O)c3ccc(O)cn3)C2)CN1CCc1ccccc1. The molecule has 2 aliphatic heterocycles. The van der Waals surface area contributed by atoms with Gasteiger partial charge in [0.15, 0.2) is 0 Å². The van der Waals surface area contributed by atoms with Crippen molar-refractivity contribution in [2.75, 3.05) is 26.2 Å². The van der Waals surface area contributed by atoms with Gasteiger partial charge in [0.25, 0.3) is 5.91 Å². The summed E-state index contributed by atoms with van der Waals surface area (Å²) in [6.45, 7) is 2.80. The number of pyridine rings is 1. The Bertz CT molecular complexity index is 869. The first-order valence-electron chi connectivity index (χ1n) is 10.3. The number of likely N-dealkylation sites (tertiary alicyclic amines) is 2. The van der Waals surface area contributed by atoms with Crippen LogP contribution in [0.3, 0.4) is 0 Å². The molecule has 152 valence electrons. The lowest BCUT2D eigenvalue weighted by Crippen LogP contribution is -2.55. The summed E-state index contributed by atoms with van der Waals surface area (Å²) in [4.78, 5) is 33.3. The Labute approximate surface area is 171 Å². The Morgan fingerprint density at radius 2 is 1.93 bits per heavy atom. The van der Waals surface area contributed by atoms with Crippen LogP contribution in [-0.2, 0) is 11.2 Å². The average molecular weight is 393 g/mol. The quantitative estimate of drug-likeness (QED) is 0.867. The smallest absolute Gasteiger partial charge is 0.272 e. The molecule has 2 aliphatic rings. The van der Waals surface area contributed by atoms with Crippen LogP contribution in [0, 0.1) is 5.41 Å². The normalized spacial score (nSPS) is 22.1. The van der Waals surface area contributed by atoms with Gasteiger partial charge in [0, 0.05) is 38.0 Å². The summed E-state index contributed by atoms with van der Waals surface area (Å²) in [6, 6.07) is 13.3. The number of nitrogens with zero attached hydrogens (tertiary/aromatic N) is 3. The van der Waals surface area contributed by atoms with E-state index in [0.29, 0.717) is 31.7 Å². The minimum absolute atomic E-state index is 0.0323. The van der Waals surface area contributed by atoms with Crippen molar-refractivity contribution in [3.63, 3.8) is 0 Å². The minimum atomic E-state index is -0.100. The van der Waals surface area contributed by atoms with Crippen LogP contribution in [0.1, 0.15) is 41.7 Å². The van der Waals surface area contributed by atoms with Gasteiger partial charge in [-0.25, -0.2) is 4.98 Å². The largest absolute Gasteiger partial charge is 0.506 e. The van der Waals surface area contributed by atoms with Gasteiger partial charge >= 0.3 is 0 Å². The van der Waals surface area contributed by atoms with Gasteiger partial charge in [-0.1, -0.05) is 30.3 Å². The monoisotopic (exact) mass is 393 g/mol. The van der Waals surface area contributed by atoms with Crippen LogP contribution in [0.5, 0.6) is 5.75 Å². The van der Waals surface area contributed by atoms with Crippen LogP contribution >= 0.6 is 0 Å². The lowest BCUT2D eigenvalue weighted by molar-refractivity contribution is -0.138. The van der Waals surface area contributed by atoms with Crippen molar-refractivity contribution in [3.8, 4) is 5.75 Å². The molecule has 1 spiro atoms. The number of carbonyl (C=O) groups excluding carboxylic acids is 2. The molecule has 2 fully saturated rings. The second-order valence-electron chi connectivity index (χ2n) is 8.28. The molecule has 1 unspecified atom stereocenters. The Kier molecular flexibility index (Phi) is 5.51. The molecule has 1 aromatic carbocycles. The summed E-state index contributed by atoms with van der Waals surface area (Å²) in [7, 11) is 0. The molecule has 0 bridgehead atoms. The number of hydrogen-bond acceptors (Lipinski definition) is 4. The van der Waals surface area contributed by atoms with Crippen molar-refractivity contribution in [1.82, 2.24) is 14.8 Å². The highest BCUT2D eigenvalue weighted by Crippen LogP contribution is 2.39. The van der Waals surface area contributed by atoms with Crippen LogP contribution in [0.4, 0.5) is 0 Å². The highest BCUT2D eigenvalue weighted by Gasteiger charge is 2.42. The second kappa shape index (κ2) is 8.23. The first-order valence-corrected chi connectivity index (χ1v) is 10.3. The van der Waals surface area contributed by atoms with E-state index in [4.69, 9.17) is 0 Å². The zero-order chi connectivity index (χ0) is 20.3. The molecule has 3 heterocycles. The van der Waals surface area contributed by atoms with E-state index in [1.807, 2.05) is 28.0 Å². The van der Waals surface area contributed by atoms with Crippen LogP contribution in [0.15, 0.2) is 48.7 Å². The predicted octanol–water partition coefficient (Wildman–Crippen LogP) is 2.87. The number of benzene rings is 1. The fourth-order valence-electron chi connectivity index (χ4n) is 4.60. The fraction of sp³-hybridized carbons (Fsp3) is 0.435. The summed E-state index contributed by atoms with van der Waals surface area (Å²) in [5.41, 5.74) is 1.56. The van der Waals surface area contributed by atoms with Crippen LogP contribution in [-0.4, -0.2) is 57.9 Å². The third kappa shape index (κ3) is 4.42. The van der Waals surface area contributed by atoms with E-state index in [-0.39, 0.29) is 23.0 Å². The number of hydrogen-bond donors (Lipinski definition) is 1. The first-order chi connectivity index (χ1) is 14.0. The molecule has 0 radical (unpaired) electrons. The minimum Gasteiger partial charge on any atom is -0.506 e. The molecule has 0 aliphatic carbocycles. The van der Waals surface area contributed by atoms with Gasteiger partial charge in [-0.3, -0.25) is 9.59 Å². The van der Waals surface area contributed by atoms with Gasteiger partial charge in [0.1, 0.15) is 11.4 Å². The van der Waals surface area contributed by atoms with Crippen LogP contribution in [0.25, 0.3) is 0 Å². The Balaban J connectivity index is 1.43. The number of aromatic hydroxyl groups is 1. The van der Waals surface area contributed by atoms with E-state index in [1.54, 1.807) is 6.07 Å². The number of aromatic nitrogens is 1. The van der Waals surface area contributed by atoms with E-state index >= 15 is 0 Å². The van der Waals surface area contributed by atoms with Gasteiger partial charge in [-0.05, 0) is 43.4 Å². The molecular formula is C23H27N3O3. The maximum atomic E-state index is 12.9. The maximum absolute atomic E-state index is 12.9. The Morgan fingerprint density at radius 3 is 2.69 bits per heavy atom. The summed E-state index contributed by atoms with van der Waals surface area (Å²) in [5, 5.41) is 9.41. The second-order valence-corrected chi connectivity index (χ2v) is 8.28. The van der Waals surface area contributed by atoms with Crippen molar-refractivity contribution >= 4 is 11.8 Å². The van der Waals surface area contributed by atoms with Crippen molar-refractivity contribution in [3.05, 3.63) is 59.9 Å². The van der Waals surface area contributed by atoms with Crippen molar-refractivity contribution < 1.29 is 14.7 Å². The zero-order valence-electron chi connectivity index (χ0n) is 16.6. The fourth-order valence-corrected chi connectivity index (χ4v) is 4.60. The molecular weight excluding hydrogens is 366 g/mol. The van der Waals surface area contributed by atoms with Crippen LogP contribution in [0.2, 0.25) is 0 Å². The first kappa shape index (κ1) is 19.4. The number of rotatable bonds is 4. The van der Waals surface area contributed by atoms with Crippen molar-refractivity contribution in [2.24, 2.45) is 5.41 Å². The van der Waals surface area contributed by atoms with Crippen molar-refractivity contribution in [2.45, 2.75) is 32.1 Å². The number of amides is 2. The van der Waals surface area contributed by atoms with E-state index < -0.39 is 0 Å². The standard InChI is InChI=1S/C23H27N3O3/c27-19-7-8-20(24-15-19)22(29)26-13-4-11-23(17-26)12-9-21(28)25(16-23)14-10-18-5-2-1-3-6-18/h1-3,5-8,15,27H,4,9-14,16-17H2. The van der Waals surface area contributed by atoms with Gasteiger partial charge in [0.05, 0.1) is 6.20 Å². The number of carbonyl (C=O) groups is 2. The van der Waals surface area contributed by atoms with Gasteiger partial charge in [0.2, 0.25) is 5.91 Å². The van der Waals surface area contributed by atoms with Gasteiger partial charge in [-0.2, -0.15) is 0 Å².